The molecule has 6 heteroatoms. The number of hydrogen-bond acceptors (Lipinski definition) is 5. The molecule has 0 aromatic carbocycles. The van der Waals surface area contributed by atoms with E-state index in [4.69, 9.17) is 0 Å². The van der Waals surface area contributed by atoms with E-state index >= 15 is 0 Å². The van der Waals surface area contributed by atoms with E-state index in [0.717, 1.165) is 38.4 Å². The smallest absolute Gasteiger partial charge is 0.165 e. The Morgan fingerprint density at radius 1 is 1.38 bits per heavy atom. The first-order valence-electron chi connectivity index (χ1n) is 8.43. The Bertz CT molecular complexity index is 397. The normalized spacial score (nSPS) is 19.6. The van der Waals surface area contributed by atoms with Gasteiger partial charge in [-0.1, -0.05) is 19.8 Å². The molecule has 1 aliphatic rings. The summed E-state index contributed by atoms with van der Waals surface area (Å²) in [5.41, 5.74) is 0. The largest absolute Gasteiger partial charge is 0.313 e. The minimum absolute atomic E-state index is 0.505. The van der Waals surface area contributed by atoms with Gasteiger partial charge in [0.1, 0.15) is 0 Å². The zero-order valence-electron chi connectivity index (χ0n) is 13.8. The van der Waals surface area contributed by atoms with E-state index < -0.39 is 0 Å². The third-order valence-electron chi connectivity index (χ3n) is 4.27. The molecule has 1 unspecified atom stereocenters. The van der Waals surface area contributed by atoms with Gasteiger partial charge in [-0.3, -0.25) is 4.90 Å². The fourth-order valence-corrected chi connectivity index (χ4v) is 2.82. The molecule has 21 heavy (non-hydrogen) atoms. The van der Waals surface area contributed by atoms with Gasteiger partial charge < -0.3 is 5.32 Å². The first kappa shape index (κ1) is 16.4. The highest BCUT2D eigenvalue weighted by Crippen LogP contribution is 2.12. The van der Waals surface area contributed by atoms with Crippen LogP contribution >= 0.6 is 0 Å². The maximum Gasteiger partial charge on any atom is 0.165 e. The van der Waals surface area contributed by atoms with Crippen molar-refractivity contribution >= 4 is 0 Å². The standard InChI is InChI=1S/C15H30N6/c1-4-5-10-21-15(17-18-19-21)12-20(13(2)3)11-14-8-6-7-9-16-14/h13-14,16H,4-12H2,1-3H3. The lowest BCUT2D eigenvalue weighted by molar-refractivity contribution is 0.170. The van der Waals surface area contributed by atoms with Crippen LogP contribution in [0.5, 0.6) is 0 Å². The first-order chi connectivity index (χ1) is 10.2. The summed E-state index contributed by atoms with van der Waals surface area (Å²) in [6, 6.07) is 1.12. The lowest BCUT2D eigenvalue weighted by atomic mass is 10.0. The van der Waals surface area contributed by atoms with Crippen LogP contribution in [0, 0.1) is 0 Å². The van der Waals surface area contributed by atoms with Crippen molar-refractivity contribution in [2.75, 3.05) is 13.1 Å². The molecule has 1 aliphatic heterocycles. The molecule has 1 aromatic rings. The predicted molar refractivity (Wildman–Crippen MR) is 83.9 cm³/mol. The zero-order valence-corrected chi connectivity index (χ0v) is 13.8. The second-order valence-electron chi connectivity index (χ2n) is 6.34. The number of piperidine rings is 1. The van der Waals surface area contributed by atoms with E-state index in [0.29, 0.717) is 12.1 Å². The molecule has 1 aromatic heterocycles. The maximum atomic E-state index is 4.22. The molecule has 1 fully saturated rings. The molecule has 0 amide bonds. The maximum absolute atomic E-state index is 4.22. The summed E-state index contributed by atoms with van der Waals surface area (Å²) in [5.74, 6) is 0.993. The van der Waals surface area contributed by atoms with Crippen molar-refractivity contribution in [2.45, 2.75) is 78.0 Å². The summed E-state index contributed by atoms with van der Waals surface area (Å²) in [7, 11) is 0. The Balaban J connectivity index is 1.94. The van der Waals surface area contributed by atoms with Crippen LogP contribution in [0.25, 0.3) is 0 Å². The molecule has 1 N–H and O–H groups in total. The molecule has 0 aliphatic carbocycles. The molecule has 2 heterocycles. The van der Waals surface area contributed by atoms with Crippen molar-refractivity contribution in [1.29, 1.82) is 0 Å². The van der Waals surface area contributed by atoms with Crippen molar-refractivity contribution < 1.29 is 0 Å². The van der Waals surface area contributed by atoms with Gasteiger partial charge >= 0.3 is 0 Å². The van der Waals surface area contributed by atoms with Crippen molar-refractivity contribution in [3.8, 4) is 0 Å². The summed E-state index contributed by atoms with van der Waals surface area (Å²) in [5, 5.41) is 15.8. The Labute approximate surface area is 128 Å². The Morgan fingerprint density at radius 3 is 2.90 bits per heavy atom. The van der Waals surface area contributed by atoms with Crippen LogP contribution in [0.15, 0.2) is 0 Å². The first-order valence-corrected chi connectivity index (χ1v) is 8.43. The minimum atomic E-state index is 0.505. The summed E-state index contributed by atoms with van der Waals surface area (Å²) in [4.78, 5) is 2.48. The molecule has 2 rings (SSSR count). The number of unbranched alkanes of at least 4 members (excludes halogenated alkanes) is 1. The molecule has 120 valence electrons. The molecule has 0 saturated carbocycles. The van der Waals surface area contributed by atoms with Gasteiger partial charge in [-0.25, -0.2) is 4.68 Å². The second-order valence-corrected chi connectivity index (χ2v) is 6.34. The van der Waals surface area contributed by atoms with Crippen molar-refractivity contribution in [1.82, 2.24) is 30.4 Å². The number of aryl methyl sites for hydroxylation is 1. The van der Waals surface area contributed by atoms with Crippen molar-refractivity contribution in [3.05, 3.63) is 5.82 Å². The van der Waals surface area contributed by atoms with Gasteiger partial charge in [0, 0.05) is 25.2 Å². The van der Waals surface area contributed by atoms with E-state index in [1.54, 1.807) is 0 Å². The summed E-state index contributed by atoms with van der Waals surface area (Å²) in [6.45, 7) is 10.7. The average Bonchev–Trinajstić information content (AvgIpc) is 2.92. The van der Waals surface area contributed by atoms with E-state index in [-0.39, 0.29) is 0 Å². The van der Waals surface area contributed by atoms with Gasteiger partial charge in [-0.05, 0) is 50.1 Å². The molecule has 0 radical (unpaired) electrons. The molecule has 6 nitrogen and oxygen atoms in total. The van der Waals surface area contributed by atoms with Crippen LogP contribution in [0.2, 0.25) is 0 Å². The summed E-state index contributed by atoms with van der Waals surface area (Å²) < 4.78 is 1.97. The molecule has 0 spiro atoms. The Morgan fingerprint density at radius 2 is 2.24 bits per heavy atom. The van der Waals surface area contributed by atoms with Gasteiger partial charge in [-0.2, -0.15) is 0 Å². The molecular formula is C15H30N6. The highest BCUT2D eigenvalue weighted by molar-refractivity contribution is 4.85. The van der Waals surface area contributed by atoms with Crippen LogP contribution in [0.3, 0.4) is 0 Å². The van der Waals surface area contributed by atoms with Crippen molar-refractivity contribution in [3.63, 3.8) is 0 Å². The number of nitrogens with zero attached hydrogens (tertiary/aromatic N) is 5. The third kappa shape index (κ3) is 5.04. The van der Waals surface area contributed by atoms with Crippen LogP contribution in [0.4, 0.5) is 0 Å². The highest BCUT2D eigenvalue weighted by Gasteiger charge is 2.20. The molecular weight excluding hydrogens is 264 g/mol. The highest BCUT2D eigenvalue weighted by atomic mass is 15.5. The van der Waals surface area contributed by atoms with E-state index in [9.17, 15) is 0 Å². The average molecular weight is 294 g/mol. The van der Waals surface area contributed by atoms with Gasteiger partial charge in [0.05, 0.1) is 6.54 Å². The minimum Gasteiger partial charge on any atom is -0.313 e. The number of hydrogen-bond donors (Lipinski definition) is 1. The predicted octanol–water partition coefficient (Wildman–Crippen LogP) is 1.83. The Kier molecular flexibility index (Phi) is 6.57. The quantitative estimate of drug-likeness (QED) is 0.792. The second kappa shape index (κ2) is 8.44. The molecule has 1 saturated heterocycles. The van der Waals surface area contributed by atoms with Crippen LogP contribution in [-0.4, -0.2) is 50.3 Å². The fourth-order valence-electron chi connectivity index (χ4n) is 2.82. The zero-order chi connectivity index (χ0) is 15.1. The monoisotopic (exact) mass is 294 g/mol. The van der Waals surface area contributed by atoms with Crippen LogP contribution in [0.1, 0.15) is 58.7 Å². The number of rotatable bonds is 8. The number of nitrogens with one attached hydrogen (secondary N) is 1. The van der Waals surface area contributed by atoms with Crippen LogP contribution in [-0.2, 0) is 13.1 Å². The van der Waals surface area contributed by atoms with Gasteiger partial charge in [0.25, 0.3) is 0 Å². The summed E-state index contributed by atoms with van der Waals surface area (Å²) in [6.07, 6.45) is 6.23. The van der Waals surface area contributed by atoms with Crippen LogP contribution < -0.4 is 5.32 Å². The summed E-state index contributed by atoms with van der Waals surface area (Å²) >= 11 is 0. The van der Waals surface area contributed by atoms with Crippen molar-refractivity contribution in [2.24, 2.45) is 0 Å². The third-order valence-corrected chi connectivity index (χ3v) is 4.27. The number of aromatic nitrogens is 4. The fraction of sp³-hybridized carbons (Fsp3) is 0.933. The lowest BCUT2D eigenvalue weighted by Gasteiger charge is -2.32. The van der Waals surface area contributed by atoms with Gasteiger partial charge in [0.2, 0.25) is 0 Å². The topological polar surface area (TPSA) is 58.9 Å². The van der Waals surface area contributed by atoms with Gasteiger partial charge in [0.15, 0.2) is 5.82 Å². The van der Waals surface area contributed by atoms with E-state index in [1.807, 2.05) is 4.68 Å². The van der Waals surface area contributed by atoms with Gasteiger partial charge in [-0.15, -0.1) is 5.10 Å². The SMILES string of the molecule is CCCCn1nnnc1CN(CC1CCCCN1)C(C)C. The molecule has 1 atom stereocenters. The lowest BCUT2D eigenvalue weighted by Crippen LogP contribution is -2.45. The molecule has 0 bridgehead atoms. The Hall–Kier alpha value is -1.01. The van der Waals surface area contributed by atoms with E-state index in [1.165, 1.54) is 25.7 Å². The van der Waals surface area contributed by atoms with E-state index in [2.05, 4.69) is 46.5 Å². The number of tetrazole rings is 1.